The number of fused-ring (bicyclic) bond motifs is 2. The number of nitrogen functional groups attached to an aromatic ring is 2. The Morgan fingerprint density at radius 1 is 1.00 bits per heavy atom. The van der Waals surface area contributed by atoms with Gasteiger partial charge in [-0.05, 0) is 42.5 Å². The molecule has 0 radical (unpaired) electrons. The Bertz CT molecular complexity index is 1150. The molecular formula is C21H20N6. The summed E-state index contributed by atoms with van der Waals surface area (Å²) in [5, 5.41) is 5.72. The van der Waals surface area contributed by atoms with Crippen LogP contribution in [-0.2, 0) is 12.8 Å². The van der Waals surface area contributed by atoms with E-state index in [9.17, 15) is 0 Å². The highest BCUT2D eigenvalue weighted by Gasteiger charge is 2.27. The van der Waals surface area contributed by atoms with Gasteiger partial charge in [-0.15, -0.1) is 0 Å². The molecule has 0 saturated heterocycles. The maximum atomic E-state index is 6.22. The van der Waals surface area contributed by atoms with Crippen LogP contribution in [0, 0.1) is 6.92 Å². The van der Waals surface area contributed by atoms with E-state index in [-0.39, 0.29) is 6.04 Å². The third-order valence-corrected chi connectivity index (χ3v) is 5.45. The van der Waals surface area contributed by atoms with Crippen molar-refractivity contribution in [3.63, 3.8) is 0 Å². The number of aromatic nitrogens is 4. The van der Waals surface area contributed by atoms with Gasteiger partial charge in [-0.3, -0.25) is 0 Å². The van der Waals surface area contributed by atoms with Gasteiger partial charge in [0.1, 0.15) is 17.8 Å². The van der Waals surface area contributed by atoms with Crippen molar-refractivity contribution < 1.29 is 0 Å². The summed E-state index contributed by atoms with van der Waals surface area (Å²) in [6.07, 6.45) is 3.38. The van der Waals surface area contributed by atoms with Gasteiger partial charge in [0.2, 0.25) is 0 Å². The maximum Gasteiger partial charge on any atom is 0.164 e. The summed E-state index contributed by atoms with van der Waals surface area (Å²) in [6.45, 7) is 1.99. The first-order valence-electron chi connectivity index (χ1n) is 9.04. The molecule has 4 N–H and O–H groups in total. The van der Waals surface area contributed by atoms with Gasteiger partial charge in [0.25, 0.3) is 0 Å². The highest BCUT2D eigenvalue weighted by molar-refractivity contribution is 5.98. The fourth-order valence-corrected chi connectivity index (χ4v) is 3.95. The Kier molecular flexibility index (Phi) is 3.40. The Balaban J connectivity index is 1.69. The standard InChI is InChI=1S/C21H20N6/c1-12-6-7-15(10-17(12)22)19-18-20(23)24-11-25-21(18)27(26-19)16-8-13-4-2-3-5-14(13)9-16/h2-7,10-11,16H,8-9,22H2,1H3,(H2,23,24,25). The second kappa shape index (κ2) is 5.81. The van der Waals surface area contributed by atoms with Crippen LogP contribution in [0.25, 0.3) is 22.3 Å². The molecule has 0 unspecified atom stereocenters. The highest BCUT2D eigenvalue weighted by Crippen LogP contribution is 2.36. The molecule has 6 heteroatoms. The van der Waals surface area contributed by atoms with Gasteiger partial charge >= 0.3 is 0 Å². The Morgan fingerprint density at radius 2 is 1.74 bits per heavy atom. The van der Waals surface area contributed by atoms with E-state index in [1.807, 2.05) is 29.8 Å². The molecule has 4 aromatic rings. The van der Waals surface area contributed by atoms with Crippen molar-refractivity contribution in [1.82, 2.24) is 19.7 Å². The van der Waals surface area contributed by atoms with Gasteiger partial charge in [-0.2, -0.15) is 5.10 Å². The van der Waals surface area contributed by atoms with Gasteiger partial charge in [-0.25, -0.2) is 14.6 Å². The molecule has 0 saturated carbocycles. The van der Waals surface area contributed by atoms with Gasteiger partial charge in [0.15, 0.2) is 5.65 Å². The molecule has 6 nitrogen and oxygen atoms in total. The summed E-state index contributed by atoms with van der Waals surface area (Å²) in [5.74, 6) is 0.441. The highest BCUT2D eigenvalue weighted by atomic mass is 15.3. The van der Waals surface area contributed by atoms with Crippen LogP contribution in [0.4, 0.5) is 11.5 Å². The predicted octanol–water partition coefficient (Wildman–Crippen LogP) is 3.31. The van der Waals surface area contributed by atoms with E-state index in [1.54, 1.807) is 0 Å². The SMILES string of the molecule is Cc1ccc(-c2nn(C3Cc4ccccc4C3)c3ncnc(N)c23)cc1N. The molecule has 1 aliphatic rings. The molecule has 0 aliphatic heterocycles. The first-order chi connectivity index (χ1) is 13.1. The Morgan fingerprint density at radius 3 is 2.44 bits per heavy atom. The van der Waals surface area contributed by atoms with E-state index in [4.69, 9.17) is 16.6 Å². The fraction of sp³-hybridized carbons (Fsp3) is 0.190. The van der Waals surface area contributed by atoms with Crippen LogP contribution >= 0.6 is 0 Å². The molecule has 2 aromatic heterocycles. The van der Waals surface area contributed by atoms with Crippen LogP contribution in [-0.4, -0.2) is 19.7 Å². The molecule has 0 bridgehead atoms. The fourth-order valence-electron chi connectivity index (χ4n) is 3.95. The zero-order valence-electron chi connectivity index (χ0n) is 15.1. The summed E-state index contributed by atoms with van der Waals surface area (Å²) in [4.78, 5) is 8.71. The Hall–Kier alpha value is -3.41. The van der Waals surface area contributed by atoms with Crippen LogP contribution in [0.3, 0.4) is 0 Å². The third kappa shape index (κ3) is 2.44. The lowest BCUT2D eigenvalue weighted by molar-refractivity contribution is 0.488. The molecule has 2 heterocycles. The first-order valence-corrected chi connectivity index (χ1v) is 9.04. The predicted molar refractivity (Wildman–Crippen MR) is 107 cm³/mol. The van der Waals surface area contributed by atoms with Crippen molar-refractivity contribution in [1.29, 1.82) is 0 Å². The lowest BCUT2D eigenvalue weighted by Crippen LogP contribution is -2.11. The molecule has 0 amide bonds. The molecular weight excluding hydrogens is 336 g/mol. The van der Waals surface area contributed by atoms with Crippen molar-refractivity contribution in [3.8, 4) is 11.3 Å². The van der Waals surface area contributed by atoms with Gasteiger partial charge in [0, 0.05) is 11.3 Å². The third-order valence-electron chi connectivity index (χ3n) is 5.45. The molecule has 2 aromatic carbocycles. The van der Waals surface area contributed by atoms with E-state index >= 15 is 0 Å². The van der Waals surface area contributed by atoms with Crippen molar-refractivity contribution >= 4 is 22.5 Å². The van der Waals surface area contributed by atoms with Crippen molar-refractivity contribution in [2.75, 3.05) is 11.5 Å². The number of benzene rings is 2. The largest absolute Gasteiger partial charge is 0.398 e. The Labute approximate surface area is 156 Å². The van der Waals surface area contributed by atoms with Crippen LogP contribution in [0.1, 0.15) is 22.7 Å². The molecule has 134 valence electrons. The van der Waals surface area contributed by atoms with Crippen LogP contribution in [0.2, 0.25) is 0 Å². The number of hydrogen-bond acceptors (Lipinski definition) is 5. The maximum absolute atomic E-state index is 6.22. The first kappa shape index (κ1) is 15.8. The molecule has 0 fully saturated rings. The average Bonchev–Trinajstić information content (AvgIpc) is 3.26. The van der Waals surface area contributed by atoms with Crippen molar-refractivity contribution in [3.05, 3.63) is 65.5 Å². The van der Waals surface area contributed by atoms with Crippen LogP contribution in [0.15, 0.2) is 48.8 Å². The molecule has 5 rings (SSSR count). The number of rotatable bonds is 2. The van der Waals surface area contributed by atoms with Crippen LogP contribution in [0.5, 0.6) is 0 Å². The smallest absolute Gasteiger partial charge is 0.164 e. The number of anilines is 2. The summed E-state index contributed by atoms with van der Waals surface area (Å²) in [6, 6.07) is 14.7. The summed E-state index contributed by atoms with van der Waals surface area (Å²) in [7, 11) is 0. The quantitative estimate of drug-likeness (QED) is 0.537. The number of nitrogens with two attached hydrogens (primary N) is 2. The zero-order chi connectivity index (χ0) is 18.5. The molecule has 27 heavy (non-hydrogen) atoms. The minimum atomic E-state index is 0.218. The second-order valence-corrected chi connectivity index (χ2v) is 7.15. The second-order valence-electron chi connectivity index (χ2n) is 7.15. The lowest BCUT2D eigenvalue weighted by atomic mass is 10.1. The van der Waals surface area contributed by atoms with E-state index < -0.39 is 0 Å². The van der Waals surface area contributed by atoms with Gasteiger partial charge < -0.3 is 11.5 Å². The minimum Gasteiger partial charge on any atom is -0.398 e. The summed E-state index contributed by atoms with van der Waals surface area (Å²) < 4.78 is 2.01. The average molecular weight is 356 g/mol. The summed E-state index contributed by atoms with van der Waals surface area (Å²) >= 11 is 0. The van der Waals surface area contributed by atoms with E-state index in [0.717, 1.165) is 46.4 Å². The zero-order valence-corrected chi connectivity index (χ0v) is 15.1. The van der Waals surface area contributed by atoms with E-state index in [2.05, 4.69) is 34.2 Å². The normalized spacial score (nSPS) is 14.0. The lowest BCUT2D eigenvalue weighted by Gasteiger charge is -2.10. The van der Waals surface area contributed by atoms with Crippen molar-refractivity contribution in [2.24, 2.45) is 0 Å². The number of hydrogen-bond donors (Lipinski definition) is 2. The molecule has 1 aliphatic carbocycles. The molecule has 0 atom stereocenters. The minimum absolute atomic E-state index is 0.218. The van der Waals surface area contributed by atoms with Crippen molar-refractivity contribution in [2.45, 2.75) is 25.8 Å². The van der Waals surface area contributed by atoms with Gasteiger partial charge in [0.05, 0.1) is 11.4 Å². The number of nitrogens with zero attached hydrogens (tertiary/aromatic N) is 4. The summed E-state index contributed by atoms with van der Waals surface area (Å²) in [5.41, 5.74) is 19.4. The topological polar surface area (TPSA) is 95.6 Å². The monoisotopic (exact) mass is 356 g/mol. The molecule has 0 spiro atoms. The van der Waals surface area contributed by atoms with Crippen LogP contribution < -0.4 is 11.5 Å². The van der Waals surface area contributed by atoms with E-state index in [1.165, 1.54) is 17.5 Å². The van der Waals surface area contributed by atoms with E-state index in [0.29, 0.717) is 5.82 Å². The number of aryl methyl sites for hydroxylation is 1. The van der Waals surface area contributed by atoms with Gasteiger partial charge in [-0.1, -0.05) is 36.4 Å².